The summed E-state index contributed by atoms with van der Waals surface area (Å²) < 4.78 is 10.8. The Bertz CT molecular complexity index is 523. The first-order chi connectivity index (χ1) is 9.30. The molecule has 0 amide bonds. The highest BCUT2D eigenvalue weighted by Gasteiger charge is 2.12. The lowest BCUT2D eigenvalue weighted by molar-refractivity contribution is 0.354. The van der Waals surface area contributed by atoms with Gasteiger partial charge in [0, 0.05) is 6.54 Å². The molecule has 1 aromatic heterocycles. The minimum absolute atomic E-state index is 0.768. The molecular weight excluding hydrogens is 258 g/mol. The zero-order chi connectivity index (χ0) is 13.7. The van der Waals surface area contributed by atoms with E-state index < -0.39 is 0 Å². The molecule has 0 spiro atoms. The minimum atomic E-state index is 0.768. The molecule has 0 fully saturated rings. The molecule has 0 aliphatic carbocycles. The molecule has 19 heavy (non-hydrogen) atoms. The fraction of sp³-hybridized carbons (Fsp3) is 0.333. The van der Waals surface area contributed by atoms with Gasteiger partial charge in [-0.15, -0.1) is 0 Å². The van der Waals surface area contributed by atoms with Gasteiger partial charge in [-0.2, -0.15) is 11.3 Å². The average molecular weight is 277 g/mol. The van der Waals surface area contributed by atoms with Crippen molar-refractivity contribution in [3.63, 3.8) is 0 Å². The van der Waals surface area contributed by atoms with Crippen LogP contribution < -0.4 is 14.8 Å². The molecule has 102 valence electrons. The first-order valence-electron chi connectivity index (χ1n) is 6.28. The maximum absolute atomic E-state index is 5.39. The van der Waals surface area contributed by atoms with Gasteiger partial charge in [-0.05, 0) is 52.2 Å². The number of rotatable bonds is 6. The summed E-state index contributed by atoms with van der Waals surface area (Å²) in [6.07, 6.45) is 0. The van der Waals surface area contributed by atoms with Gasteiger partial charge in [-0.1, -0.05) is 6.92 Å². The number of ether oxygens (including phenoxy) is 2. The second-order valence-electron chi connectivity index (χ2n) is 4.16. The molecular formula is C15H19NO2S. The molecule has 2 aromatic rings. The summed E-state index contributed by atoms with van der Waals surface area (Å²) in [5.74, 6) is 1.54. The van der Waals surface area contributed by atoms with Gasteiger partial charge < -0.3 is 14.8 Å². The zero-order valence-corrected chi connectivity index (χ0v) is 12.3. The van der Waals surface area contributed by atoms with Crippen LogP contribution in [-0.2, 0) is 6.54 Å². The maximum Gasteiger partial charge on any atom is 0.161 e. The summed E-state index contributed by atoms with van der Waals surface area (Å²) in [4.78, 5) is 0. The third-order valence-corrected chi connectivity index (χ3v) is 3.69. The van der Waals surface area contributed by atoms with Crippen LogP contribution in [0.25, 0.3) is 11.1 Å². The van der Waals surface area contributed by atoms with Crippen molar-refractivity contribution in [2.45, 2.75) is 13.5 Å². The van der Waals surface area contributed by atoms with Crippen LogP contribution in [0.3, 0.4) is 0 Å². The maximum atomic E-state index is 5.39. The van der Waals surface area contributed by atoms with E-state index in [1.165, 1.54) is 16.7 Å². The Morgan fingerprint density at radius 2 is 1.89 bits per heavy atom. The van der Waals surface area contributed by atoms with Crippen molar-refractivity contribution in [3.8, 4) is 22.6 Å². The Balaban J connectivity index is 2.48. The van der Waals surface area contributed by atoms with E-state index in [2.05, 4.69) is 35.1 Å². The fourth-order valence-corrected chi connectivity index (χ4v) is 2.67. The van der Waals surface area contributed by atoms with Gasteiger partial charge in [0.1, 0.15) is 0 Å². The van der Waals surface area contributed by atoms with Crippen LogP contribution in [0.15, 0.2) is 29.0 Å². The molecule has 0 unspecified atom stereocenters. The molecule has 1 heterocycles. The lowest BCUT2D eigenvalue weighted by atomic mass is 10.0. The van der Waals surface area contributed by atoms with Gasteiger partial charge in [-0.25, -0.2) is 0 Å². The SMILES string of the molecule is CCNCc1cc(OC)c(OC)cc1-c1ccsc1. The van der Waals surface area contributed by atoms with E-state index in [0.717, 1.165) is 24.6 Å². The summed E-state index contributed by atoms with van der Waals surface area (Å²) in [6, 6.07) is 6.23. The van der Waals surface area contributed by atoms with E-state index in [0.29, 0.717) is 0 Å². The van der Waals surface area contributed by atoms with Crippen molar-refractivity contribution < 1.29 is 9.47 Å². The predicted octanol–water partition coefficient (Wildman–Crippen LogP) is 3.54. The Kier molecular flexibility index (Phi) is 4.82. The number of benzene rings is 1. The Labute approximate surface area is 118 Å². The molecule has 0 radical (unpaired) electrons. The number of nitrogens with one attached hydrogen (secondary N) is 1. The highest BCUT2D eigenvalue weighted by Crippen LogP contribution is 2.36. The quantitative estimate of drug-likeness (QED) is 0.876. The highest BCUT2D eigenvalue weighted by molar-refractivity contribution is 7.08. The Morgan fingerprint density at radius 3 is 2.47 bits per heavy atom. The summed E-state index contributed by atoms with van der Waals surface area (Å²) in [5.41, 5.74) is 3.64. The van der Waals surface area contributed by atoms with Crippen LogP contribution in [0.1, 0.15) is 12.5 Å². The van der Waals surface area contributed by atoms with E-state index in [4.69, 9.17) is 9.47 Å². The van der Waals surface area contributed by atoms with Gasteiger partial charge in [0.25, 0.3) is 0 Å². The molecule has 3 nitrogen and oxygen atoms in total. The van der Waals surface area contributed by atoms with Gasteiger partial charge in [0.2, 0.25) is 0 Å². The second kappa shape index (κ2) is 6.59. The van der Waals surface area contributed by atoms with E-state index in [1.807, 2.05) is 6.07 Å². The molecule has 0 saturated carbocycles. The first kappa shape index (κ1) is 13.9. The average Bonchev–Trinajstić information content (AvgIpc) is 2.98. The van der Waals surface area contributed by atoms with E-state index in [1.54, 1.807) is 25.6 Å². The van der Waals surface area contributed by atoms with Gasteiger partial charge in [0.05, 0.1) is 14.2 Å². The zero-order valence-electron chi connectivity index (χ0n) is 11.5. The largest absolute Gasteiger partial charge is 0.493 e. The molecule has 0 atom stereocenters. The van der Waals surface area contributed by atoms with Crippen molar-refractivity contribution in [2.75, 3.05) is 20.8 Å². The molecule has 2 rings (SSSR count). The lowest BCUT2D eigenvalue weighted by Crippen LogP contribution is -2.12. The van der Waals surface area contributed by atoms with Crippen LogP contribution in [0, 0.1) is 0 Å². The van der Waals surface area contributed by atoms with Crippen LogP contribution in [0.4, 0.5) is 0 Å². The van der Waals surface area contributed by atoms with Crippen molar-refractivity contribution in [1.82, 2.24) is 5.32 Å². The smallest absolute Gasteiger partial charge is 0.161 e. The van der Waals surface area contributed by atoms with E-state index in [-0.39, 0.29) is 0 Å². The van der Waals surface area contributed by atoms with E-state index >= 15 is 0 Å². The van der Waals surface area contributed by atoms with Crippen molar-refractivity contribution in [1.29, 1.82) is 0 Å². The molecule has 0 bridgehead atoms. The summed E-state index contributed by atoms with van der Waals surface area (Å²) in [6.45, 7) is 3.87. The highest BCUT2D eigenvalue weighted by atomic mass is 32.1. The standard InChI is InChI=1S/C15H19NO2S/c1-4-16-9-12-7-14(17-2)15(18-3)8-13(12)11-5-6-19-10-11/h5-8,10,16H,4,9H2,1-3H3. The number of hydrogen-bond acceptors (Lipinski definition) is 4. The number of thiophene rings is 1. The van der Waals surface area contributed by atoms with Crippen LogP contribution in [-0.4, -0.2) is 20.8 Å². The summed E-state index contributed by atoms with van der Waals surface area (Å²) in [7, 11) is 3.33. The second-order valence-corrected chi connectivity index (χ2v) is 4.94. The molecule has 4 heteroatoms. The lowest BCUT2D eigenvalue weighted by Gasteiger charge is -2.14. The summed E-state index contributed by atoms with van der Waals surface area (Å²) in [5, 5.41) is 7.60. The first-order valence-corrected chi connectivity index (χ1v) is 7.22. The topological polar surface area (TPSA) is 30.5 Å². The van der Waals surface area contributed by atoms with Gasteiger partial charge in [0.15, 0.2) is 11.5 Å². The molecule has 0 aliphatic heterocycles. The normalized spacial score (nSPS) is 10.5. The van der Waals surface area contributed by atoms with Gasteiger partial charge >= 0.3 is 0 Å². The third-order valence-electron chi connectivity index (χ3n) is 3.01. The van der Waals surface area contributed by atoms with Crippen molar-refractivity contribution in [2.24, 2.45) is 0 Å². The fourth-order valence-electron chi connectivity index (χ4n) is 2.01. The van der Waals surface area contributed by atoms with Crippen LogP contribution >= 0.6 is 11.3 Å². The molecule has 1 N–H and O–H groups in total. The van der Waals surface area contributed by atoms with Crippen molar-refractivity contribution >= 4 is 11.3 Å². The predicted molar refractivity (Wildman–Crippen MR) is 80.2 cm³/mol. The Morgan fingerprint density at radius 1 is 1.16 bits per heavy atom. The van der Waals surface area contributed by atoms with Crippen LogP contribution in [0.2, 0.25) is 0 Å². The van der Waals surface area contributed by atoms with Crippen molar-refractivity contribution in [3.05, 3.63) is 34.5 Å². The number of hydrogen-bond donors (Lipinski definition) is 1. The molecule has 1 aromatic carbocycles. The van der Waals surface area contributed by atoms with Gasteiger partial charge in [-0.3, -0.25) is 0 Å². The Hall–Kier alpha value is -1.52. The van der Waals surface area contributed by atoms with Crippen LogP contribution in [0.5, 0.6) is 11.5 Å². The monoisotopic (exact) mass is 277 g/mol. The minimum Gasteiger partial charge on any atom is -0.493 e. The van der Waals surface area contributed by atoms with E-state index in [9.17, 15) is 0 Å². The number of methoxy groups -OCH3 is 2. The summed E-state index contributed by atoms with van der Waals surface area (Å²) >= 11 is 1.70. The molecule has 0 aliphatic rings. The third kappa shape index (κ3) is 3.08. The molecule has 0 saturated heterocycles.